The maximum absolute atomic E-state index is 15.1. The highest BCUT2D eigenvalue weighted by Crippen LogP contribution is 2.68. The number of carbonyl (C=O) groups is 1. The number of rotatable bonds is 10. The zero-order valence-electron chi connectivity index (χ0n) is 25.2. The summed E-state index contributed by atoms with van der Waals surface area (Å²) in [6.07, 6.45) is 1.62. The van der Waals surface area contributed by atoms with Gasteiger partial charge in [0.2, 0.25) is 0 Å². The number of nitrogens with zero attached hydrogens (tertiary/aromatic N) is 4. The van der Waals surface area contributed by atoms with E-state index in [0.29, 0.717) is 10.5 Å². The van der Waals surface area contributed by atoms with Crippen molar-refractivity contribution in [2.75, 3.05) is 18.5 Å². The summed E-state index contributed by atoms with van der Waals surface area (Å²) in [6, 6.07) is 5.56. The summed E-state index contributed by atoms with van der Waals surface area (Å²) < 4.78 is 70.5. The van der Waals surface area contributed by atoms with Gasteiger partial charge in [-0.15, -0.1) is 10.2 Å². The number of aryl methyl sites for hydroxylation is 1. The third-order valence-electron chi connectivity index (χ3n) is 8.85. The zero-order valence-corrected chi connectivity index (χ0v) is 25.2. The molecular formula is C31H37F5N6O2. The van der Waals surface area contributed by atoms with Gasteiger partial charge in [0, 0.05) is 31.7 Å². The van der Waals surface area contributed by atoms with E-state index < -0.39 is 53.1 Å². The topological polar surface area (TPSA) is 93.8 Å². The van der Waals surface area contributed by atoms with Crippen LogP contribution in [0.3, 0.4) is 0 Å². The lowest BCUT2D eigenvalue weighted by Crippen LogP contribution is -2.57. The van der Waals surface area contributed by atoms with Gasteiger partial charge in [0.15, 0.2) is 0 Å². The van der Waals surface area contributed by atoms with Gasteiger partial charge < -0.3 is 19.8 Å². The van der Waals surface area contributed by atoms with E-state index in [9.17, 15) is 27.2 Å². The SMILES string of the molecule is CC1CC2(C1)CC(c1ccc(F)c(NC(=O)c3cc(CNCC(C)(C)CF)cn(CC(F)(F)F)c3=O)c1)(c1nncn1C)C2. The summed E-state index contributed by atoms with van der Waals surface area (Å²) in [5.74, 6) is -0.460. The third kappa shape index (κ3) is 6.29. The fraction of sp³-hybridized carbons (Fsp3) is 0.548. The number of halogens is 5. The predicted molar refractivity (Wildman–Crippen MR) is 154 cm³/mol. The van der Waals surface area contributed by atoms with Crippen LogP contribution in [0.1, 0.15) is 73.8 Å². The van der Waals surface area contributed by atoms with Crippen LogP contribution in [0.2, 0.25) is 0 Å². The molecule has 1 spiro atoms. The molecule has 0 aliphatic heterocycles. The summed E-state index contributed by atoms with van der Waals surface area (Å²) in [7, 11) is 1.84. The normalized spacial score (nSPS) is 23.3. The van der Waals surface area contributed by atoms with Crippen molar-refractivity contribution in [3.63, 3.8) is 0 Å². The number of nitrogens with one attached hydrogen (secondary N) is 2. The molecule has 2 aliphatic carbocycles. The number of carbonyl (C=O) groups excluding carboxylic acids is 1. The highest BCUT2D eigenvalue weighted by atomic mass is 19.4. The van der Waals surface area contributed by atoms with Crippen LogP contribution in [0.15, 0.2) is 41.6 Å². The van der Waals surface area contributed by atoms with Gasteiger partial charge in [-0.05, 0) is 66.3 Å². The molecule has 8 nitrogen and oxygen atoms in total. The van der Waals surface area contributed by atoms with Crippen molar-refractivity contribution in [1.82, 2.24) is 24.6 Å². The van der Waals surface area contributed by atoms with Crippen molar-refractivity contribution in [2.24, 2.45) is 23.8 Å². The molecule has 2 N–H and O–H groups in total. The van der Waals surface area contributed by atoms with E-state index >= 15 is 4.39 Å². The maximum Gasteiger partial charge on any atom is 0.406 e. The van der Waals surface area contributed by atoms with E-state index in [-0.39, 0.29) is 29.8 Å². The fourth-order valence-electron chi connectivity index (χ4n) is 7.11. The minimum absolute atomic E-state index is 0.0215. The van der Waals surface area contributed by atoms with Crippen LogP contribution in [0.25, 0.3) is 0 Å². The van der Waals surface area contributed by atoms with E-state index in [0.717, 1.165) is 43.3 Å². The molecule has 2 saturated carbocycles. The van der Waals surface area contributed by atoms with Crippen LogP contribution < -0.4 is 16.2 Å². The van der Waals surface area contributed by atoms with Crippen LogP contribution in [0, 0.1) is 22.6 Å². The molecule has 3 aromatic rings. The van der Waals surface area contributed by atoms with Crippen LogP contribution in [0.4, 0.5) is 27.6 Å². The van der Waals surface area contributed by atoms with Crippen molar-refractivity contribution in [3.05, 3.63) is 75.5 Å². The lowest BCUT2D eigenvalue weighted by molar-refractivity contribution is -0.141. The number of pyridine rings is 1. The van der Waals surface area contributed by atoms with Crippen molar-refractivity contribution in [3.8, 4) is 0 Å². The van der Waals surface area contributed by atoms with Crippen LogP contribution in [0.5, 0.6) is 0 Å². The van der Waals surface area contributed by atoms with Crippen LogP contribution in [-0.4, -0.2) is 44.6 Å². The Balaban J connectivity index is 1.45. The molecule has 0 bridgehead atoms. The third-order valence-corrected chi connectivity index (χ3v) is 8.85. The second kappa shape index (κ2) is 11.4. The number of alkyl halides is 4. The lowest BCUT2D eigenvalue weighted by atomic mass is 9.41. The molecule has 44 heavy (non-hydrogen) atoms. The molecule has 2 aliphatic rings. The van der Waals surface area contributed by atoms with Crippen LogP contribution >= 0.6 is 0 Å². The number of aromatic nitrogens is 4. The summed E-state index contributed by atoms with van der Waals surface area (Å²) >= 11 is 0. The Hall–Kier alpha value is -3.61. The Morgan fingerprint density at radius 3 is 2.45 bits per heavy atom. The molecule has 13 heteroatoms. The first-order valence-corrected chi connectivity index (χ1v) is 14.6. The molecule has 0 saturated heterocycles. The van der Waals surface area contributed by atoms with Crippen molar-refractivity contribution in [2.45, 2.75) is 71.1 Å². The molecule has 5 rings (SSSR count). The van der Waals surface area contributed by atoms with E-state index in [1.165, 1.54) is 18.2 Å². The van der Waals surface area contributed by atoms with Crippen molar-refractivity contribution < 1.29 is 26.7 Å². The second-order valence-corrected chi connectivity index (χ2v) is 13.6. The molecule has 2 fully saturated rings. The predicted octanol–water partition coefficient (Wildman–Crippen LogP) is 5.51. The molecule has 1 amide bonds. The second-order valence-electron chi connectivity index (χ2n) is 13.6. The van der Waals surface area contributed by atoms with Gasteiger partial charge in [-0.25, -0.2) is 4.39 Å². The number of benzene rings is 1. The Labute approximate surface area is 252 Å². The summed E-state index contributed by atoms with van der Waals surface area (Å²) in [4.78, 5) is 26.4. The molecule has 2 heterocycles. The Bertz CT molecular complexity index is 1600. The number of hydrogen-bond donors (Lipinski definition) is 2. The largest absolute Gasteiger partial charge is 0.406 e. The van der Waals surface area contributed by atoms with Gasteiger partial charge in [-0.2, -0.15) is 13.2 Å². The molecule has 0 unspecified atom stereocenters. The number of amides is 1. The molecule has 1 aromatic carbocycles. The molecular weight excluding hydrogens is 583 g/mol. The fourth-order valence-corrected chi connectivity index (χ4v) is 7.11. The van der Waals surface area contributed by atoms with Gasteiger partial charge in [0.25, 0.3) is 11.5 Å². The minimum Gasteiger partial charge on any atom is -0.320 e. The first-order valence-electron chi connectivity index (χ1n) is 14.6. The molecule has 2 aromatic heterocycles. The van der Waals surface area contributed by atoms with E-state index in [4.69, 9.17) is 0 Å². The van der Waals surface area contributed by atoms with Gasteiger partial charge in [-0.1, -0.05) is 26.8 Å². The Morgan fingerprint density at radius 2 is 1.86 bits per heavy atom. The quantitative estimate of drug-likeness (QED) is 0.292. The highest BCUT2D eigenvalue weighted by molar-refractivity contribution is 6.04. The summed E-state index contributed by atoms with van der Waals surface area (Å²) in [6.45, 7) is 3.51. The smallest absolute Gasteiger partial charge is 0.320 e. The first-order chi connectivity index (χ1) is 20.6. The molecule has 0 atom stereocenters. The average Bonchev–Trinajstić information content (AvgIpc) is 3.33. The van der Waals surface area contributed by atoms with Gasteiger partial charge in [-0.3, -0.25) is 14.0 Å². The maximum atomic E-state index is 15.1. The Morgan fingerprint density at radius 1 is 1.16 bits per heavy atom. The summed E-state index contributed by atoms with van der Waals surface area (Å²) in [5.41, 5.74) is -2.12. The Kier molecular flexibility index (Phi) is 8.23. The van der Waals surface area contributed by atoms with E-state index in [2.05, 4.69) is 27.8 Å². The van der Waals surface area contributed by atoms with Gasteiger partial charge in [0.05, 0.1) is 17.8 Å². The molecule has 238 valence electrons. The summed E-state index contributed by atoms with van der Waals surface area (Å²) in [5, 5.41) is 13.8. The lowest BCUT2D eigenvalue weighted by Gasteiger charge is -2.63. The zero-order chi connectivity index (χ0) is 32.1. The van der Waals surface area contributed by atoms with Crippen LogP contribution in [-0.2, 0) is 25.6 Å². The van der Waals surface area contributed by atoms with Gasteiger partial charge >= 0.3 is 6.18 Å². The number of anilines is 1. The average molecular weight is 621 g/mol. The number of hydrogen-bond acceptors (Lipinski definition) is 5. The first kappa shape index (κ1) is 31.8. The van der Waals surface area contributed by atoms with Gasteiger partial charge in [0.1, 0.15) is 30.1 Å². The highest BCUT2D eigenvalue weighted by Gasteiger charge is 2.62. The van der Waals surface area contributed by atoms with E-state index in [1.807, 2.05) is 11.6 Å². The van der Waals surface area contributed by atoms with Crippen molar-refractivity contribution >= 4 is 11.6 Å². The monoisotopic (exact) mass is 620 g/mol. The standard InChI is InChI=1S/C31H37F5N6O2/c1-19-9-29(10-19)13-30(14-29,27-40-38-18-41(27)4)21-5-6-23(33)24(8-21)39-25(43)22-7-20(11-37-16-28(2,3)15-32)12-42(26(22)44)17-31(34,35)36/h5-8,12,18-19,37H,9-11,13-17H2,1-4H3,(H,39,43). The minimum atomic E-state index is -4.73. The van der Waals surface area contributed by atoms with E-state index in [1.54, 1.807) is 26.2 Å². The van der Waals surface area contributed by atoms with Crippen molar-refractivity contribution in [1.29, 1.82) is 0 Å². The molecule has 0 radical (unpaired) electrons.